The van der Waals surface area contributed by atoms with Crippen LogP contribution in [0.1, 0.15) is 40.7 Å². The number of benzene rings is 1. The van der Waals surface area contributed by atoms with Crippen LogP contribution in [0.4, 0.5) is 0 Å². The molecule has 2 rings (SSSR count). The van der Waals surface area contributed by atoms with Crippen molar-refractivity contribution in [3.05, 3.63) is 34.6 Å². The Morgan fingerprint density at radius 1 is 1.19 bits per heavy atom. The van der Waals surface area contributed by atoms with Gasteiger partial charge in [0.05, 0.1) is 29.3 Å². The first kappa shape index (κ1) is 21.4. The summed E-state index contributed by atoms with van der Waals surface area (Å²) in [6, 6.07) is 7.35. The second kappa shape index (κ2) is 9.37. The maximum absolute atomic E-state index is 13.0. The van der Waals surface area contributed by atoms with Crippen LogP contribution in [0.2, 0.25) is 0 Å². The molecular weight excluding hydrogens is 362 g/mol. The van der Waals surface area contributed by atoms with E-state index >= 15 is 0 Å². The topological polar surface area (TPSA) is 64.4 Å². The summed E-state index contributed by atoms with van der Waals surface area (Å²) in [7, 11) is 1.61. The van der Waals surface area contributed by atoms with Crippen molar-refractivity contribution in [1.82, 2.24) is 14.5 Å². The van der Waals surface area contributed by atoms with E-state index < -0.39 is 0 Å². The third-order valence-electron chi connectivity index (χ3n) is 4.35. The minimum Gasteiger partial charge on any atom is -0.383 e. The van der Waals surface area contributed by atoms with Crippen molar-refractivity contribution >= 4 is 28.6 Å². The molecule has 0 radical (unpaired) electrons. The van der Waals surface area contributed by atoms with Crippen LogP contribution in [0.5, 0.6) is 0 Å². The van der Waals surface area contributed by atoms with Gasteiger partial charge in [-0.1, -0.05) is 23.9 Å². The van der Waals surface area contributed by atoms with Crippen LogP contribution < -0.4 is 5.56 Å². The van der Waals surface area contributed by atoms with Gasteiger partial charge in [0.15, 0.2) is 5.16 Å². The van der Waals surface area contributed by atoms with Crippen molar-refractivity contribution in [1.29, 1.82) is 0 Å². The lowest BCUT2D eigenvalue weighted by molar-refractivity contribution is -0.131. The van der Waals surface area contributed by atoms with Gasteiger partial charge in [-0.2, -0.15) is 0 Å². The Labute approximate surface area is 164 Å². The Hall–Kier alpha value is -1.86. The number of methoxy groups -OCH3 is 1. The van der Waals surface area contributed by atoms with Crippen LogP contribution >= 0.6 is 11.8 Å². The predicted octanol–water partition coefficient (Wildman–Crippen LogP) is 3.34. The second-order valence-electron chi connectivity index (χ2n) is 7.17. The van der Waals surface area contributed by atoms with Gasteiger partial charge in [0.1, 0.15) is 0 Å². The minimum atomic E-state index is -0.177. The molecule has 0 bridgehead atoms. The molecule has 1 heterocycles. The highest BCUT2D eigenvalue weighted by Gasteiger charge is 2.22. The average molecular weight is 392 g/mol. The van der Waals surface area contributed by atoms with Crippen molar-refractivity contribution in [2.75, 3.05) is 19.5 Å². The van der Waals surface area contributed by atoms with Gasteiger partial charge in [-0.25, -0.2) is 4.98 Å². The molecule has 0 aliphatic rings. The number of fused-ring (bicyclic) bond motifs is 1. The van der Waals surface area contributed by atoms with Crippen LogP contribution in [-0.2, 0) is 9.53 Å². The largest absolute Gasteiger partial charge is 0.383 e. The van der Waals surface area contributed by atoms with Crippen molar-refractivity contribution < 1.29 is 9.53 Å². The fourth-order valence-corrected chi connectivity index (χ4v) is 4.27. The first-order valence-electron chi connectivity index (χ1n) is 9.22. The normalized spacial score (nSPS) is 12.7. The van der Waals surface area contributed by atoms with Crippen LogP contribution in [-0.4, -0.2) is 51.9 Å². The predicted molar refractivity (Wildman–Crippen MR) is 110 cm³/mol. The molecule has 7 heteroatoms. The van der Waals surface area contributed by atoms with Crippen LogP contribution in [0.3, 0.4) is 0 Å². The Balaban J connectivity index is 2.40. The van der Waals surface area contributed by atoms with E-state index in [0.29, 0.717) is 22.7 Å². The zero-order chi connectivity index (χ0) is 20.1. The number of aromatic nitrogens is 2. The fourth-order valence-electron chi connectivity index (χ4n) is 3.30. The van der Waals surface area contributed by atoms with Crippen LogP contribution in [0, 0.1) is 0 Å². The van der Waals surface area contributed by atoms with Crippen molar-refractivity contribution in [2.45, 2.75) is 57.9 Å². The highest BCUT2D eigenvalue weighted by molar-refractivity contribution is 7.99. The van der Waals surface area contributed by atoms with Gasteiger partial charge in [0.25, 0.3) is 5.56 Å². The molecule has 1 atom stereocenters. The molecule has 0 N–H and O–H groups in total. The standard InChI is InChI=1S/C20H29N3O3S/c1-13(2)22(14(3)4)18(24)12-27-20-21-17-10-8-7-9-16(17)19(25)23(20)15(5)11-26-6/h7-10,13-15H,11-12H2,1-6H3/t15-/m0/s1. The van der Waals surface area contributed by atoms with Crippen molar-refractivity contribution in [2.24, 2.45) is 0 Å². The second-order valence-corrected chi connectivity index (χ2v) is 8.11. The highest BCUT2D eigenvalue weighted by Crippen LogP contribution is 2.22. The minimum absolute atomic E-state index is 0.0401. The van der Waals surface area contributed by atoms with E-state index in [0.717, 1.165) is 0 Å². The number of amides is 1. The van der Waals surface area contributed by atoms with Gasteiger partial charge in [0.2, 0.25) is 5.91 Å². The van der Waals surface area contributed by atoms with Gasteiger partial charge in [0, 0.05) is 19.2 Å². The maximum atomic E-state index is 13.0. The van der Waals surface area contributed by atoms with Crippen molar-refractivity contribution in [3.63, 3.8) is 0 Å². The molecule has 27 heavy (non-hydrogen) atoms. The summed E-state index contributed by atoms with van der Waals surface area (Å²) in [4.78, 5) is 32.3. The van der Waals surface area contributed by atoms with Gasteiger partial charge in [-0.05, 0) is 46.8 Å². The molecule has 1 amide bonds. The molecule has 1 aromatic heterocycles. The summed E-state index contributed by atoms with van der Waals surface area (Å²) < 4.78 is 6.87. The number of hydrogen-bond acceptors (Lipinski definition) is 5. The number of thioether (sulfide) groups is 1. The third kappa shape index (κ3) is 4.90. The molecule has 6 nitrogen and oxygen atoms in total. The Morgan fingerprint density at radius 3 is 2.41 bits per heavy atom. The molecule has 2 aromatic rings. The zero-order valence-corrected chi connectivity index (χ0v) is 17.7. The molecule has 0 saturated carbocycles. The molecule has 0 fully saturated rings. The van der Waals surface area contributed by atoms with E-state index in [1.807, 2.05) is 57.7 Å². The lowest BCUT2D eigenvalue weighted by atomic mass is 10.2. The molecule has 0 aliphatic carbocycles. The van der Waals surface area contributed by atoms with E-state index in [1.54, 1.807) is 17.7 Å². The van der Waals surface area contributed by atoms with E-state index in [2.05, 4.69) is 4.98 Å². The van der Waals surface area contributed by atoms with E-state index in [1.165, 1.54) is 11.8 Å². The summed E-state index contributed by atoms with van der Waals surface area (Å²) >= 11 is 1.31. The molecule has 148 valence electrons. The van der Waals surface area contributed by atoms with Crippen LogP contribution in [0.15, 0.2) is 34.2 Å². The first-order valence-corrected chi connectivity index (χ1v) is 10.2. The summed E-state index contributed by atoms with van der Waals surface area (Å²) in [6.45, 7) is 10.3. The third-order valence-corrected chi connectivity index (χ3v) is 5.29. The average Bonchev–Trinajstić information content (AvgIpc) is 2.59. The van der Waals surface area contributed by atoms with E-state index in [-0.39, 0.29) is 35.3 Å². The zero-order valence-electron chi connectivity index (χ0n) is 16.9. The lowest BCUT2D eigenvalue weighted by Gasteiger charge is -2.30. The number of ether oxygens (including phenoxy) is 1. The lowest BCUT2D eigenvalue weighted by Crippen LogP contribution is -2.43. The molecule has 0 spiro atoms. The number of carbonyl (C=O) groups excluding carboxylic acids is 1. The summed E-state index contributed by atoms with van der Waals surface area (Å²) in [6.07, 6.45) is 0. The Morgan fingerprint density at radius 2 is 1.81 bits per heavy atom. The number of nitrogens with zero attached hydrogens (tertiary/aromatic N) is 3. The molecule has 0 unspecified atom stereocenters. The van der Waals surface area contributed by atoms with E-state index in [4.69, 9.17) is 4.74 Å². The molecule has 0 saturated heterocycles. The summed E-state index contributed by atoms with van der Waals surface area (Å²) in [5.41, 5.74) is 0.535. The summed E-state index contributed by atoms with van der Waals surface area (Å²) in [5.74, 6) is 0.277. The Bertz CT molecular complexity index is 840. The molecule has 1 aromatic carbocycles. The van der Waals surface area contributed by atoms with Crippen LogP contribution in [0.25, 0.3) is 10.9 Å². The van der Waals surface area contributed by atoms with Gasteiger partial charge in [-0.15, -0.1) is 0 Å². The number of para-hydroxylation sites is 1. The van der Waals surface area contributed by atoms with Gasteiger partial charge in [-0.3, -0.25) is 14.2 Å². The highest BCUT2D eigenvalue weighted by atomic mass is 32.2. The summed E-state index contributed by atoms with van der Waals surface area (Å²) in [5, 5.41) is 1.12. The van der Waals surface area contributed by atoms with Gasteiger partial charge >= 0.3 is 0 Å². The smallest absolute Gasteiger partial charge is 0.262 e. The fraction of sp³-hybridized carbons (Fsp3) is 0.550. The maximum Gasteiger partial charge on any atom is 0.262 e. The molecular formula is C20H29N3O3S. The van der Waals surface area contributed by atoms with Gasteiger partial charge < -0.3 is 9.64 Å². The number of hydrogen-bond donors (Lipinski definition) is 0. The number of rotatable bonds is 8. The van der Waals surface area contributed by atoms with Crippen molar-refractivity contribution in [3.8, 4) is 0 Å². The quantitative estimate of drug-likeness (QED) is 0.510. The SMILES string of the molecule is COC[C@H](C)n1c(SCC(=O)N(C(C)C)C(C)C)nc2ccccc2c1=O. The monoisotopic (exact) mass is 391 g/mol. The molecule has 0 aliphatic heterocycles. The number of carbonyl (C=O) groups is 1. The Kier molecular flexibility index (Phi) is 7.44. The first-order chi connectivity index (χ1) is 12.8. The van der Waals surface area contributed by atoms with E-state index in [9.17, 15) is 9.59 Å².